The van der Waals surface area contributed by atoms with Crippen LogP contribution in [0.5, 0.6) is 0 Å². The van der Waals surface area contributed by atoms with Gasteiger partial charge in [0, 0.05) is 30.4 Å². The second-order valence-electron chi connectivity index (χ2n) is 6.04. The van der Waals surface area contributed by atoms with E-state index in [-0.39, 0.29) is 11.8 Å². The number of thioether (sulfide) groups is 1. The molecule has 0 saturated heterocycles. The number of nitrogens with one attached hydrogen (secondary N) is 2. The summed E-state index contributed by atoms with van der Waals surface area (Å²) in [6.45, 7) is 2.43. The first-order valence-electron chi connectivity index (χ1n) is 8.64. The topological polar surface area (TPSA) is 71.1 Å². The lowest BCUT2D eigenvalue weighted by Gasteiger charge is -2.18. The summed E-state index contributed by atoms with van der Waals surface area (Å²) >= 11 is 1.65. The van der Waals surface area contributed by atoms with Crippen molar-refractivity contribution in [2.45, 2.75) is 25.8 Å². The Hall–Kier alpha value is -2.34. The molecule has 26 heavy (non-hydrogen) atoms. The number of hydrogen-bond acceptors (Lipinski definition) is 4. The van der Waals surface area contributed by atoms with Crippen molar-refractivity contribution in [2.75, 3.05) is 18.6 Å². The number of nitrogens with zero attached hydrogens (tertiary/aromatic N) is 1. The van der Waals surface area contributed by atoms with E-state index in [1.807, 2.05) is 49.6 Å². The van der Waals surface area contributed by atoms with Gasteiger partial charge in [-0.25, -0.2) is 0 Å². The molecular weight excluding hydrogens is 346 g/mol. The van der Waals surface area contributed by atoms with Crippen LogP contribution in [-0.4, -0.2) is 41.4 Å². The van der Waals surface area contributed by atoms with Crippen molar-refractivity contribution < 1.29 is 9.59 Å². The standard InChI is InChI=1S/C20H25N3O2S/c1-15-6-5-7-16(14-15)19(24)23-18(10-13-26-2)20(25)22-12-9-17-8-3-4-11-21-17/h3-8,11,14,18H,9-10,12-13H2,1-2H3,(H,22,25)(H,23,24). The molecule has 0 radical (unpaired) electrons. The van der Waals surface area contributed by atoms with Crippen LogP contribution in [-0.2, 0) is 11.2 Å². The first-order valence-corrected chi connectivity index (χ1v) is 10.0. The van der Waals surface area contributed by atoms with Crippen molar-refractivity contribution in [1.29, 1.82) is 0 Å². The number of amides is 2. The smallest absolute Gasteiger partial charge is 0.251 e. The van der Waals surface area contributed by atoms with E-state index in [2.05, 4.69) is 15.6 Å². The number of carbonyl (C=O) groups is 2. The van der Waals surface area contributed by atoms with E-state index in [9.17, 15) is 9.59 Å². The molecule has 0 saturated carbocycles. The highest BCUT2D eigenvalue weighted by Crippen LogP contribution is 2.07. The van der Waals surface area contributed by atoms with Gasteiger partial charge < -0.3 is 10.6 Å². The average molecular weight is 372 g/mol. The number of hydrogen-bond donors (Lipinski definition) is 2. The molecule has 1 unspecified atom stereocenters. The Morgan fingerprint density at radius 2 is 2.04 bits per heavy atom. The molecule has 0 fully saturated rings. The lowest BCUT2D eigenvalue weighted by molar-refractivity contribution is -0.122. The minimum absolute atomic E-state index is 0.156. The maximum Gasteiger partial charge on any atom is 0.251 e. The Labute approximate surface area is 159 Å². The van der Waals surface area contributed by atoms with Gasteiger partial charge in [-0.2, -0.15) is 11.8 Å². The fraction of sp³-hybridized carbons (Fsp3) is 0.350. The van der Waals surface area contributed by atoms with Gasteiger partial charge in [0.15, 0.2) is 0 Å². The third kappa shape index (κ3) is 6.52. The second-order valence-corrected chi connectivity index (χ2v) is 7.02. The Kier molecular flexibility index (Phi) is 8.15. The van der Waals surface area contributed by atoms with Crippen LogP contribution in [0.2, 0.25) is 0 Å². The predicted octanol–water partition coefficient (Wildman–Crippen LogP) is 2.60. The summed E-state index contributed by atoms with van der Waals surface area (Å²) in [7, 11) is 0. The van der Waals surface area contributed by atoms with Crippen LogP contribution in [0, 0.1) is 6.92 Å². The van der Waals surface area contributed by atoms with Crippen molar-refractivity contribution in [2.24, 2.45) is 0 Å². The molecule has 1 atom stereocenters. The first kappa shape index (κ1) is 20.0. The maximum absolute atomic E-state index is 12.5. The summed E-state index contributed by atoms with van der Waals surface area (Å²) in [5.74, 6) is 0.419. The molecular formula is C20H25N3O2S. The summed E-state index contributed by atoms with van der Waals surface area (Å²) in [6.07, 6.45) is 4.97. The number of aromatic nitrogens is 1. The van der Waals surface area contributed by atoms with E-state index >= 15 is 0 Å². The molecule has 1 aromatic heterocycles. The van der Waals surface area contributed by atoms with Gasteiger partial charge in [-0.15, -0.1) is 0 Å². The highest BCUT2D eigenvalue weighted by molar-refractivity contribution is 7.98. The number of rotatable bonds is 9. The number of carbonyl (C=O) groups excluding carboxylic acids is 2. The van der Waals surface area contributed by atoms with Crippen molar-refractivity contribution >= 4 is 23.6 Å². The van der Waals surface area contributed by atoms with Crippen molar-refractivity contribution in [3.05, 3.63) is 65.5 Å². The fourth-order valence-corrected chi connectivity index (χ4v) is 2.99. The predicted molar refractivity (Wildman–Crippen MR) is 106 cm³/mol. The molecule has 2 rings (SSSR count). The van der Waals surface area contributed by atoms with Crippen molar-refractivity contribution in [3.63, 3.8) is 0 Å². The molecule has 2 amide bonds. The van der Waals surface area contributed by atoms with Gasteiger partial charge in [-0.3, -0.25) is 14.6 Å². The third-order valence-electron chi connectivity index (χ3n) is 3.92. The van der Waals surface area contributed by atoms with Crippen molar-refractivity contribution in [1.82, 2.24) is 15.6 Å². The van der Waals surface area contributed by atoms with Gasteiger partial charge >= 0.3 is 0 Å². The Morgan fingerprint density at radius 3 is 2.73 bits per heavy atom. The lowest BCUT2D eigenvalue weighted by atomic mass is 10.1. The SMILES string of the molecule is CSCCC(NC(=O)c1cccc(C)c1)C(=O)NCCc1ccccn1. The van der Waals surface area contributed by atoms with Crippen LogP contribution >= 0.6 is 11.8 Å². The minimum atomic E-state index is -0.542. The highest BCUT2D eigenvalue weighted by Gasteiger charge is 2.20. The molecule has 2 N–H and O–H groups in total. The third-order valence-corrected chi connectivity index (χ3v) is 4.56. The zero-order chi connectivity index (χ0) is 18.8. The van der Waals surface area contributed by atoms with E-state index in [1.165, 1.54) is 0 Å². The number of benzene rings is 1. The van der Waals surface area contributed by atoms with E-state index in [4.69, 9.17) is 0 Å². The maximum atomic E-state index is 12.5. The van der Waals surface area contributed by atoms with Crippen LogP contribution in [0.15, 0.2) is 48.7 Å². The van der Waals surface area contributed by atoms with Crippen LogP contribution in [0.1, 0.15) is 28.0 Å². The second kappa shape index (κ2) is 10.6. The van der Waals surface area contributed by atoms with Crippen molar-refractivity contribution in [3.8, 4) is 0 Å². The van der Waals surface area contributed by atoms with Crippen LogP contribution < -0.4 is 10.6 Å². The fourth-order valence-electron chi connectivity index (χ4n) is 2.52. The van der Waals surface area contributed by atoms with Gasteiger partial charge in [-0.1, -0.05) is 23.8 Å². The minimum Gasteiger partial charge on any atom is -0.354 e. The molecule has 0 aliphatic heterocycles. The molecule has 1 aromatic carbocycles. The number of aryl methyl sites for hydroxylation is 1. The quantitative estimate of drug-likeness (QED) is 0.711. The highest BCUT2D eigenvalue weighted by atomic mass is 32.2. The molecule has 2 aromatic rings. The molecule has 0 aliphatic rings. The molecule has 6 heteroatoms. The number of pyridine rings is 1. The molecule has 1 heterocycles. The van der Waals surface area contributed by atoms with Crippen LogP contribution in [0.3, 0.4) is 0 Å². The molecule has 0 aliphatic carbocycles. The van der Waals surface area contributed by atoms with E-state index in [1.54, 1.807) is 24.0 Å². The van der Waals surface area contributed by atoms with E-state index in [0.717, 1.165) is 17.0 Å². The first-order chi connectivity index (χ1) is 12.6. The largest absolute Gasteiger partial charge is 0.354 e. The molecule has 0 spiro atoms. The Bertz CT molecular complexity index is 722. The van der Waals surface area contributed by atoms with Crippen LogP contribution in [0.4, 0.5) is 0 Å². The van der Waals surface area contributed by atoms with Crippen LogP contribution in [0.25, 0.3) is 0 Å². The summed E-state index contributed by atoms with van der Waals surface area (Å²) < 4.78 is 0. The lowest BCUT2D eigenvalue weighted by Crippen LogP contribution is -2.47. The van der Waals surface area contributed by atoms with Gasteiger partial charge in [0.25, 0.3) is 5.91 Å². The van der Waals surface area contributed by atoms with Gasteiger partial charge in [0.05, 0.1) is 0 Å². The molecule has 138 valence electrons. The van der Waals surface area contributed by atoms with Gasteiger partial charge in [0.2, 0.25) is 5.91 Å². The van der Waals surface area contributed by atoms with Gasteiger partial charge in [0.1, 0.15) is 6.04 Å². The Morgan fingerprint density at radius 1 is 1.19 bits per heavy atom. The normalized spacial score (nSPS) is 11.6. The van der Waals surface area contributed by atoms with E-state index < -0.39 is 6.04 Å². The molecule has 5 nitrogen and oxygen atoms in total. The van der Waals surface area contributed by atoms with E-state index in [0.29, 0.717) is 24.9 Å². The summed E-state index contributed by atoms with van der Waals surface area (Å²) in [4.78, 5) is 29.2. The zero-order valence-corrected chi connectivity index (χ0v) is 16.0. The Balaban J connectivity index is 1.92. The zero-order valence-electron chi connectivity index (χ0n) is 15.2. The summed E-state index contributed by atoms with van der Waals surface area (Å²) in [6, 6.07) is 12.5. The average Bonchev–Trinajstić information content (AvgIpc) is 2.65. The monoisotopic (exact) mass is 371 g/mol. The van der Waals surface area contributed by atoms with Gasteiger partial charge in [-0.05, 0) is 49.6 Å². The summed E-state index contributed by atoms with van der Waals surface area (Å²) in [5.41, 5.74) is 2.51. The summed E-state index contributed by atoms with van der Waals surface area (Å²) in [5, 5.41) is 5.77. The molecule has 0 bridgehead atoms.